The minimum Gasteiger partial charge on any atom is -0.381 e. The lowest BCUT2D eigenvalue weighted by molar-refractivity contribution is 0.0685. The Balaban J connectivity index is 1.98. The molecule has 90 valence electrons. The van der Waals surface area contributed by atoms with E-state index in [1.54, 1.807) is 6.20 Å². The van der Waals surface area contributed by atoms with Gasteiger partial charge in [0.15, 0.2) is 0 Å². The first-order valence-electron chi connectivity index (χ1n) is 5.94. The van der Waals surface area contributed by atoms with E-state index in [2.05, 4.69) is 23.0 Å². The van der Waals surface area contributed by atoms with E-state index in [1.165, 1.54) is 0 Å². The molecule has 17 heavy (non-hydrogen) atoms. The van der Waals surface area contributed by atoms with Crippen molar-refractivity contribution < 1.29 is 4.74 Å². The fourth-order valence-electron chi connectivity index (χ4n) is 2.14. The molecule has 0 saturated carbocycles. The molecule has 4 heteroatoms. The summed E-state index contributed by atoms with van der Waals surface area (Å²) in [7, 11) is 2.06. The number of pyridine rings is 1. The predicted octanol–water partition coefficient (Wildman–Crippen LogP) is 1.82. The second kappa shape index (κ2) is 5.65. The van der Waals surface area contributed by atoms with Gasteiger partial charge < -0.3 is 9.64 Å². The first-order chi connectivity index (χ1) is 8.29. The highest BCUT2D eigenvalue weighted by Gasteiger charge is 2.16. The number of ether oxygens (including phenoxy) is 1. The van der Waals surface area contributed by atoms with Gasteiger partial charge in [-0.05, 0) is 30.9 Å². The quantitative estimate of drug-likeness (QED) is 0.796. The monoisotopic (exact) mass is 231 g/mol. The highest BCUT2D eigenvalue weighted by atomic mass is 16.5. The second-order valence-electron chi connectivity index (χ2n) is 4.45. The molecule has 1 saturated heterocycles. The van der Waals surface area contributed by atoms with Crippen molar-refractivity contribution in [1.29, 1.82) is 5.26 Å². The molecule has 1 aromatic heterocycles. The average molecular weight is 231 g/mol. The molecule has 0 aromatic carbocycles. The summed E-state index contributed by atoms with van der Waals surface area (Å²) in [5.74, 6) is 0.687. The van der Waals surface area contributed by atoms with Crippen LogP contribution >= 0.6 is 0 Å². The van der Waals surface area contributed by atoms with Crippen LogP contribution in [0, 0.1) is 17.2 Å². The van der Waals surface area contributed by atoms with Crippen molar-refractivity contribution in [3.63, 3.8) is 0 Å². The lowest BCUT2D eigenvalue weighted by atomic mass is 10.00. The van der Waals surface area contributed by atoms with Gasteiger partial charge in [0.2, 0.25) is 0 Å². The molecule has 0 spiro atoms. The number of hydrogen-bond acceptors (Lipinski definition) is 4. The molecular formula is C13H17N3O. The van der Waals surface area contributed by atoms with Crippen molar-refractivity contribution in [3.05, 3.63) is 24.0 Å². The minimum atomic E-state index is 0.473. The van der Waals surface area contributed by atoms with Crippen molar-refractivity contribution in [1.82, 2.24) is 4.98 Å². The Morgan fingerprint density at radius 1 is 1.53 bits per heavy atom. The number of aromatic nitrogens is 1. The lowest BCUT2D eigenvalue weighted by Gasteiger charge is -2.28. The molecule has 0 unspecified atom stereocenters. The van der Waals surface area contributed by atoms with Crippen LogP contribution in [0.2, 0.25) is 0 Å². The Morgan fingerprint density at radius 2 is 2.29 bits per heavy atom. The molecule has 0 radical (unpaired) electrons. The Morgan fingerprint density at radius 3 is 3.00 bits per heavy atom. The smallest absolute Gasteiger partial charge is 0.142 e. The summed E-state index contributed by atoms with van der Waals surface area (Å²) in [4.78, 5) is 6.17. The van der Waals surface area contributed by atoms with Crippen LogP contribution in [0.3, 0.4) is 0 Å². The summed E-state index contributed by atoms with van der Waals surface area (Å²) < 4.78 is 5.35. The van der Waals surface area contributed by atoms with Crippen LogP contribution in [0.5, 0.6) is 0 Å². The summed E-state index contributed by atoms with van der Waals surface area (Å²) in [5, 5.41) is 8.82. The Kier molecular flexibility index (Phi) is 3.94. The number of rotatable bonds is 3. The lowest BCUT2D eigenvalue weighted by Crippen LogP contribution is -2.29. The van der Waals surface area contributed by atoms with Crippen LogP contribution < -0.4 is 4.90 Å². The first-order valence-corrected chi connectivity index (χ1v) is 5.94. The molecule has 0 atom stereocenters. The van der Waals surface area contributed by atoms with Crippen LogP contribution in [0.25, 0.3) is 0 Å². The van der Waals surface area contributed by atoms with Gasteiger partial charge in [-0.2, -0.15) is 5.26 Å². The average Bonchev–Trinajstić information content (AvgIpc) is 2.40. The van der Waals surface area contributed by atoms with Gasteiger partial charge in [-0.25, -0.2) is 4.98 Å². The summed E-state index contributed by atoms with van der Waals surface area (Å²) >= 11 is 0. The maximum absolute atomic E-state index is 8.82. The zero-order chi connectivity index (χ0) is 12.1. The second-order valence-corrected chi connectivity index (χ2v) is 4.45. The molecule has 2 rings (SSSR count). The van der Waals surface area contributed by atoms with Crippen molar-refractivity contribution >= 4 is 5.69 Å². The third-order valence-corrected chi connectivity index (χ3v) is 3.17. The fraction of sp³-hybridized carbons (Fsp3) is 0.538. The molecule has 1 aliphatic heterocycles. The molecule has 0 amide bonds. The topological polar surface area (TPSA) is 49.1 Å². The number of nitrogens with zero attached hydrogens (tertiary/aromatic N) is 3. The van der Waals surface area contributed by atoms with Crippen molar-refractivity contribution in [2.75, 3.05) is 31.7 Å². The van der Waals surface area contributed by atoms with E-state index in [0.29, 0.717) is 11.6 Å². The predicted molar refractivity (Wildman–Crippen MR) is 65.8 cm³/mol. The maximum atomic E-state index is 8.82. The molecule has 0 N–H and O–H groups in total. The first kappa shape index (κ1) is 11.9. The Labute approximate surface area is 102 Å². The summed E-state index contributed by atoms with van der Waals surface area (Å²) in [6.45, 7) is 2.76. The highest BCUT2D eigenvalue weighted by Crippen LogP contribution is 2.19. The zero-order valence-corrected chi connectivity index (χ0v) is 10.1. The molecule has 1 aromatic rings. The van der Waals surface area contributed by atoms with Gasteiger partial charge >= 0.3 is 0 Å². The van der Waals surface area contributed by atoms with Gasteiger partial charge in [-0.3, -0.25) is 0 Å². The molecular weight excluding hydrogens is 214 g/mol. The van der Waals surface area contributed by atoms with Gasteiger partial charge in [0.05, 0.1) is 0 Å². The van der Waals surface area contributed by atoms with E-state index < -0.39 is 0 Å². The van der Waals surface area contributed by atoms with E-state index in [4.69, 9.17) is 10.00 Å². The minimum absolute atomic E-state index is 0.473. The van der Waals surface area contributed by atoms with Crippen LogP contribution in [-0.2, 0) is 4.74 Å². The van der Waals surface area contributed by atoms with E-state index >= 15 is 0 Å². The molecule has 0 bridgehead atoms. The maximum Gasteiger partial charge on any atom is 0.142 e. The van der Waals surface area contributed by atoms with Crippen LogP contribution in [-0.4, -0.2) is 31.8 Å². The van der Waals surface area contributed by atoms with Gasteiger partial charge in [-0.15, -0.1) is 0 Å². The van der Waals surface area contributed by atoms with Crippen LogP contribution in [0.1, 0.15) is 18.5 Å². The van der Waals surface area contributed by atoms with E-state index in [1.807, 2.05) is 12.1 Å². The van der Waals surface area contributed by atoms with Crippen LogP contribution in [0.15, 0.2) is 18.3 Å². The normalized spacial score (nSPS) is 16.5. The molecule has 1 fully saturated rings. The van der Waals surface area contributed by atoms with Gasteiger partial charge in [-0.1, -0.05) is 0 Å². The Bertz CT molecular complexity index is 407. The summed E-state index contributed by atoms with van der Waals surface area (Å²) in [5.41, 5.74) is 1.53. The van der Waals surface area contributed by atoms with Crippen LogP contribution in [0.4, 0.5) is 5.69 Å². The molecule has 2 heterocycles. The summed E-state index contributed by atoms with van der Waals surface area (Å²) in [6.07, 6.45) is 3.94. The fourth-order valence-corrected chi connectivity index (χ4v) is 2.14. The van der Waals surface area contributed by atoms with Crippen molar-refractivity contribution in [2.24, 2.45) is 5.92 Å². The van der Waals surface area contributed by atoms with Gasteiger partial charge in [0, 0.05) is 38.7 Å². The highest BCUT2D eigenvalue weighted by molar-refractivity contribution is 5.48. The number of anilines is 1. The van der Waals surface area contributed by atoms with E-state index in [-0.39, 0.29) is 0 Å². The van der Waals surface area contributed by atoms with E-state index in [0.717, 1.165) is 38.3 Å². The zero-order valence-electron chi connectivity index (χ0n) is 10.1. The molecule has 1 aliphatic rings. The van der Waals surface area contributed by atoms with Gasteiger partial charge in [0.1, 0.15) is 11.8 Å². The van der Waals surface area contributed by atoms with Crippen molar-refractivity contribution in [2.45, 2.75) is 12.8 Å². The van der Waals surface area contributed by atoms with E-state index in [9.17, 15) is 0 Å². The largest absolute Gasteiger partial charge is 0.381 e. The standard InChI is InChI=1S/C13H17N3O/c1-16(10-11-3-6-17-7-4-11)13-2-5-15-12(8-13)9-14/h2,5,8,11H,3-4,6-7,10H2,1H3. The number of nitriles is 1. The SMILES string of the molecule is CN(CC1CCOCC1)c1ccnc(C#N)c1. The molecule has 4 nitrogen and oxygen atoms in total. The van der Waals surface area contributed by atoms with Gasteiger partial charge in [0.25, 0.3) is 0 Å². The van der Waals surface area contributed by atoms with Crippen molar-refractivity contribution in [3.8, 4) is 6.07 Å². The Hall–Kier alpha value is -1.60. The summed E-state index contributed by atoms with van der Waals surface area (Å²) in [6, 6.07) is 5.85. The number of hydrogen-bond donors (Lipinski definition) is 0. The molecule has 0 aliphatic carbocycles. The third-order valence-electron chi connectivity index (χ3n) is 3.17. The third kappa shape index (κ3) is 3.18.